The van der Waals surface area contributed by atoms with Crippen LogP contribution in [0.4, 0.5) is 11.4 Å². The van der Waals surface area contributed by atoms with E-state index < -0.39 is 0 Å². The lowest BCUT2D eigenvalue weighted by molar-refractivity contribution is -0.117. The van der Waals surface area contributed by atoms with Gasteiger partial charge in [0.2, 0.25) is 5.91 Å². The van der Waals surface area contributed by atoms with Crippen molar-refractivity contribution in [3.63, 3.8) is 0 Å². The van der Waals surface area contributed by atoms with E-state index >= 15 is 0 Å². The fourth-order valence-electron chi connectivity index (χ4n) is 2.62. The van der Waals surface area contributed by atoms with E-state index in [0.29, 0.717) is 18.3 Å². The van der Waals surface area contributed by atoms with Crippen molar-refractivity contribution in [1.29, 1.82) is 0 Å². The quantitative estimate of drug-likeness (QED) is 0.812. The van der Waals surface area contributed by atoms with Crippen LogP contribution in [0.15, 0.2) is 24.3 Å². The van der Waals surface area contributed by atoms with Crippen LogP contribution in [0.3, 0.4) is 0 Å². The molecule has 5 nitrogen and oxygen atoms in total. The second-order valence-corrected chi connectivity index (χ2v) is 5.67. The molecule has 1 amide bonds. The van der Waals surface area contributed by atoms with E-state index in [1.807, 2.05) is 18.2 Å². The molecule has 1 saturated heterocycles. The van der Waals surface area contributed by atoms with Gasteiger partial charge >= 0.3 is 0 Å². The highest BCUT2D eigenvalue weighted by atomic mass is 16.2. The van der Waals surface area contributed by atoms with Crippen LogP contribution in [0.2, 0.25) is 0 Å². The van der Waals surface area contributed by atoms with Gasteiger partial charge in [0.15, 0.2) is 0 Å². The second-order valence-electron chi connectivity index (χ2n) is 5.67. The molecule has 5 heteroatoms. The zero-order valence-corrected chi connectivity index (χ0v) is 12.3. The fraction of sp³-hybridized carbons (Fsp3) is 0.533. The largest absolute Gasteiger partial charge is 0.399 e. The molecular weight excluding hydrogens is 252 g/mol. The van der Waals surface area contributed by atoms with Crippen LogP contribution in [-0.4, -0.2) is 55.5 Å². The molecule has 0 bridgehead atoms. The lowest BCUT2D eigenvalue weighted by atomic mass is 10.1. The molecular formula is C15H24N4O. The fourth-order valence-corrected chi connectivity index (χ4v) is 2.62. The third-order valence-corrected chi connectivity index (χ3v) is 3.75. The zero-order valence-electron chi connectivity index (χ0n) is 12.3. The number of carbonyl (C=O) groups is 1. The van der Waals surface area contributed by atoms with Crippen LogP contribution in [0.5, 0.6) is 0 Å². The molecule has 1 aromatic carbocycles. The number of anilines is 2. The topological polar surface area (TPSA) is 61.6 Å². The molecule has 0 saturated carbocycles. The van der Waals surface area contributed by atoms with Crippen molar-refractivity contribution in [2.75, 3.05) is 44.8 Å². The molecule has 1 atom stereocenters. The van der Waals surface area contributed by atoms with E-state index in [1.165, 1.54) is 6.42 Å². The van der Waals surface area contributed by atoms with Crippen molar-refractivity contribution in [2.45, 2.75) is 18.9 Å². The van der Waals surface area contributed by atoms with Gasteiger partial charge in [0.05, 0.1) is 6.54 Å². The van der Waals surface area contributed by atoms with Gasteiger partial charge in [0.25, 0.3) is 0 Å². The zero-order chi connectivity index (χ0) is 14.5. The van der Waals surface area contributed by atoms with Crippen LogP contribution < -0.4 is 11.1 Å². The van der Waals surface area contributed by atoms with Gasteiger partial charge in [-0.05, 0) is 51.7 Å². The number of likely N-dealkylation sites (tertiary alicyclic amines) is 1. The summed E-state index contributed by atoms with van der Waals surface area (Å²) in [5.41, 5.74) is 7.12. The monoisotopic (exact) mass is 276 g/mol. The number of piperidine rings is 1. The van der Waals surface area contributed by atoms with Gasteiger partial charge in [-0.15, -0.1) is 0 Å². The van der Waals surface area contributed by atoms with Crippen molar-refractivity contribution in [3.05, 3.63) is 24.3 Å². The Morgan fingerprint density at radius 2 is 2.30 bits per heavy atom. The first-order valence-corrected chi connectivity index (χ1v) is 7.09. The normalized spacial score (nSPS) is 20.1. The minimum atomic E-state index is 0.0232. The molecule has 0 spiro atoms. The van der Waals surface area contributed by atoms with Crippen LogP contribution in [0, 0.1) is 0 Å². The Morgan fingerprint density at radius 3 is 3.00 bits per heavy atom. The van der Waals surface area contributed by atoms with E-state index in [4.69, 9.17) is 5.73 Å². The summed E-state index contributed by atoms with van der Waals surface area (Å²) in [4.78, 5) is 16.5. The van der Waals surface area contributed by atoms with Gasteiger partial charge in [-0.3, -0.25) is 9.69 Å². The Hall–Kier alpha value is -1.59. The highest BCUT2D eigenvalue weighted by Crippen LogP contribution is 2.15. The van der Waals surface area contributed by atoms with Gasteiger partial charge in [-0.2, -0.15) is 0 Å². The molecule has 1 heterocycles. The highest BCUT2D eigenvalue weighted by molar-refractivity contribution is 5.92. The lowest BCUT2D eigenvalue weighted by Crippen LogP contribution is -2.47. The summed E-state index contributed by atoms with van der Waals surface area (Å²) in [5.74, 6) is 0.0232. The number of benzene rings is 1. The van der Waals surface area contributed by atoms with Crippen LogP contribution >= 0.6 is 0 Å². The third-order valence-electron chi connectivity index (χ3n) is 3.75. The van der Waals surface area contributed by atoms with Crippen LogP contribution in [0.25, 0.3) is 0 Å². The van der Waals surface area contributed by atoms with Gasteiger partial charge in [-0.25, -0.2) is 0 Å². The molecule has 3 N–H and O–H groups in total. The summed E-state index contributed by atoms with van der Waals surface area (Å²) in [5, 5.41) is 2.90. The number of rotatable bonds is 4. The van der Waals surface area contributed by atoms with Gasteiger partial charge < -0.3 is 16.0 Å². The van der Waals surface area contributed by atoms with Crippen molar-refractivity contribution >= 4 is 17.3 Å². The molecule has 0 radical (unpaired) electrons. The van der Waals surface area contributed by atoms with E-state index in [1.54, 1.807) is 6.07 Å². The van der Waals surface area contributed by atoms with Gasteiger partial charge in [-0.1, -0.05) is 6.07 Å². The lowest BCUT2D eigenvalue weighted by Gasteiger charge is -2.35. The molecule has 1 aliphatic rings. The number of nitrogens with zero attached hydrogens (tertiary/aromatic N) is 2. The minimum absolute atomic E-state index is 0.0232. The first kappa shape index (κ1) is 14.8. The maximum Gasteiger partial charge on any atom is 0.238 e. The molecule has 0 aliphatic carbocycles. The maximum absolute atomic E-state index is 12.1. The Kier molecular flexibility index (Phi) is 4.98. The van der Waals surface area contributed by atoms with Gasteiger partial charge in [0.1, 0.15) is 0 Å². The first-order chi connectivity index (χ1) is 9.54. The molecule has 110 valence electrons. The highest BCUT2D eigenvalue weighted by Gasteiger charge is 2.22. The minimum Gasteiger partial charge on any atom is -0.399 e. The molecule has 0 aromatic heterocycles. The van der Waals surface area contributed by atoms with Crippen molar-refractivity contribution in [2.24, 2.45) is 0 Å². The first-order valence-electron chi connectivity index (χ1n) is 7.09. The van der Waals surface area contributed by atoms with Crippen molar-refractivity contribution in [3.8, 4) is 0 Å². The summed E-state index contributed by atoms with van der Waals surface area (Å²) in [6.45, 7) is 2.39. The van der Waals surface area contributed by atoms with Gasteiger partial charge in [0, 0.05) is 24.0 Å². The van der Waals surface area contributed by atoms with Crippen molar-refractivity contribution in [1.82, 2.24) is 9.80 Å². The summed E-state index contributed by atoms with van der Waals surface area (Å²) >= 11 is 0. The average Bonchev–Trinajstić information content (AvgIpc) is 2.38. The second kappa shape index (κ2) is 6.72. The van der Waals surface area contributed by atoms with E-state index in [9.17, 15) is 4.79 Å². The Balaban J connectivity index is 1.85. The molecule has 20 heavy (non-hydrogen) atoms. The number of nitrogens with one attached hydrogen (secondary N) is 1. The van der Waals surface area contributed by atoms with E-state index in [-0.39, 0.29) is 5.91 Å². The summed E-state index contributed by atoms with van der Waals surface area (Å²) < 4.78 is 0. The SMILES string of the molecule is CN(C)C1CCCN(CC(=O)Nc2cccc(N)c2)C1. The maximum atomic E-state index is 12.1. The number of likely N-dealkylation sites (N-methyl/N-ethyl adjacent to an activating group) is 1. The number of nitrogens with two attached hydrogens (primary N) is 1. The smallest absolute Gasteiger partial charge is 0.238 e. The van der Waals surface area contributed by atoms with Crippen LogP contribution in [0.1, 0.15) is 12.8 Å². The predicted molar refractivity (Wildman–Crippen MR) is 82.6 cm³/mol. The molecule has 1 fully saturated rings. The number of carbonyl (C=O) groups excluding carboxylic acids is 1. The molecule has 1 aromatic rings. The summed E-state index contributed by atoms with van der Waals surface area (Å²) in [7, 11) is 4.20. The standard InChI is InChI=1S/C15H24N4O/c1-18(2)14-7-4-8-19(10-14)11-15(20)17-13-6-3-5-12(16)9-13/h3,5-6,9,14H,4,7-8,10-11,16H2,1-2H3,(H,17,20). The number of hydrogen-bond donors (Lipinski definition) is 2. The van der Waals surface area contributed by atoms with E-state index in [0.717, 1.165) is 25.2 Å². The number of amides is 1. The predicted octanol–water partition coefficient (Wildman–Crippen LogP) is 1.23. The average molecular weight is 276 g/mol. The van der Waals surface area contributed by atoms with Crippen molar-refractivity contribution < 1.29 is 4.79 Å². The summed E-state index contributed by atoms with van der Waals surface area (Å²) in [6, 6.07) is 7.82. The van der Waals surface area contributed by atoms with Crippen LogP contribution in [-0.2, 0) is 4.79 Å². The Bertz CT molecular complexity index is 461. The Labute approximate surface area is 120 Å². The third kappa shape index (κ3) is 4.21. The molecule has 2 rings (SSSR count). The Morgan fingerprint density at radius 1 is 1.50 bits per heavy atom. The number of nitrogen functional groups attached to an aromatic ring is 1. The molecule has 1 aliphatic heterocycles. The molecule has 1 unspecified atom stereocenters. The summed E-state index contributed by atoms with van der Waals surface area (Å²) in [6.07, 6.45) is 2.36. The number of hydrogen-bond acceptors (Lipinski definition) is 4. The van der Waals surface area contributed by atoms with E-state index in [2.05, 4.69) is 29.2 Å².